The third-order valence-corrected chi connectivity index (χ3v) is 5.70. The van der Waals surface area contributed by atoms with E-state index in [1.54, 1.807) is 0 Å². The lowest BCUT2D eigenvalue weighted by Gasteiger charge is -2.37. The van der Waals surface area contributed by atoms with Gasteiger partial charge in [0.1, 0.15) is 6.29 Å². The molecule has 1 atom stereocenters. The maximum Gasteiger partial charge on any atom is 0.226 e. The summed E-state index contributed by atoms with van der Waals surface area (Å²) in [5.41, 5.74) is 1.57. The van der Waals surface area contributed by atoms with Gasteiger partial charge in [0.25, 0.3) is 0 Å². The number of hydrogen-bond acceptors (Lipinski definition) is 3. The van der Waals surface area contributed by atoms with Crippen LogP contribution >= 0.6 is 11.6 Å². The zero-order chi connectivity index (χ0) is 17.2. The molecule has 1 aliphatic heterocycles. The lowest BCUT2D eigenvalue weighted by molar-refractivity contribution is -0.130. The monoisotopic (exact) mass is 349 g/mol. The molecule has 1 saturated heterocycles. The van der Waals surface area contributed by atoms with E-state index in [1.807, 2.05) is 13.0 Å². The Bertz CT molecular complexity index is 617. The predicted molar refractivity (Wildman–Crippen MR) is 93.3 cm³/mol. The molecule has 0 spiro atoms. The van der Waals surface area contributed by atoms with Crippen LogP contribution in [0.4, 0.5) is 0 Å². The van der Waals surface area contributed by atoms with Gasteiger partial charge in [0, 0.05) is 11.6 Å². The van der Waals surface area contributed by atoms with Crippen LogP contribution in [0.15, 0.2) is 18.2 Å². The number of hydrogen-bond donors (Lipinski definition) is 1. The van der Waals surface area contributed by atoms with E-state index in [0.717, 1.165) is 41.7 Å². The second-order valence-corrected chi connectivity index (χ2v) is 7.53. The van der Waals surface area contributed by atoms with Crippen molar-refractivity contribution in [3.05, 3.63) is 34.3 Å². The Balaban J connectivity index is 1.65. The summed E-state index contributed by atoms with van der Waals surface area (Å²) in [6.07, 6.45) is 4.68. The van der Waals surface area contributed by atoms with Gasteiger partial charge in [-0.3, -0.25) is 4.79 Å². The van der Waals surface area contributed by atoms with Crippen molar-refractivity contribution in [2.24, 2.45) is 5.92 Å². The van der Waals surface area contributed by atoms with Crippen molar-refractivity contribution in [1.82, 2.24) is 5.32 Å². The first-order chi connectivity index (χ1) is 11.5. The number of carbonyl (C=O) groups excluding carboxylic acids is 2. The summed E-state index contributed by atoms with van der Waals surface area (Å²) in [7, 11) is 0. The van der Waals surface area contributed by atoms with Crippen LogP contribution in [0, 0.1) is 12.8 Å². The van der Waals surface area contributed by atoms with Gasteiger partial charge in [-0.25, -0.2) is 0 Å². The van der Waals surface area contributed by atoms with Crippen LogP contribution < -0.4 is 5.32 Å². The zero-order valence-corrected chi connectivity index (χ0v) is 14.8. The molecule has 0 radical (unpaired) electrons. The molecule has 1 amide bonds. The summed E-state index contributed by atoms with van der Waals surface area (Å²) in [6, 6.07) is 6.15. The Hall–Kier alpha value is -1.39. The number of rotatable bonds is 4. The number of aryl methyl sites for hydroxylation is 1. The maximum atomic E-state index is 12.3. The number of nitrogens with one attached hydrogen (secondary N) is 1. The molecule has 0 aromatic heterocycles. The van der Waals surface area contributed by atoms with Crippen LogP contribution in [0.1, 0.15) is 49.1 Å². The third kappa shape index (κ3) is 3.65. The summed E-state index contributed by atoms with van der Waals surface area (Å²) < 4.78 is 5.27. The van der Waals surface area contributed by atoms with E-state index in [-0.39, 0.29) is 11.8 Å². The normalized spacial score (nSPS) is 30.1. The molecule has 1 aromatic rings. The molecule has 1 heterocycles. The molecule has 1 saturated carbocycles. The molecular weight excluding hydrogens is 326 g/mol. The average Bonchev–Trinajstić information content (AvgIpc) is 3.11. The molecule has 130 valence electrons. The topological polar surface area (TPSA) is 55.4 Å². The number of benzene rings is 1. The van der Waals surface area contributed by atoms with Gasteiger partial charge >= 0.3 is 0 Å². The summed E-state index contributed by atoms with van der Waals surface area (Å²) in [5.74, 6) is 0.176. The molecule has 2 fully saturated rings. The Morgan fingerprint density at radius 2 is 2.08 bits per heavy atom. The van der Waals surface area contributed by atoms with Gasteiger partial charge in [0.15, 0.2) is 0 Å². The van der Waals surface area contributed by atoms with Crippen LogP contribution in [0.2, 0.25) is 5.02 Å². The van der Waals surface area contributed by atoms with Gasteiger partial charge in [-0.2, -0.15) is 0 Å². The molecule has 1 aliphatic carbocycles. The van der Waals surface area contributed by atoms with Crippen LogP contribution in [-0.2, 0) is 14.3 Å². The van der Waals surface area contributed by atoms with Gasteiger partial charge in [0.05, 0.1) is 18.1 Å². The molecular formula is C19H24ClNO3. The lowest BCUT2D eigenvalue weighted by atomic mass is 9.74. The Morgan fingerprint density at radius 3 is 2.67 bits per heavy atom. The molecule has 1 N–H and O–H groups in total. The Labute approximate surface area is 147 Å². The Morgan fingerprint density at radius 1 is 1.33 bits per heavy atom. The minimum absolute atomic E-state index is 0.0496. The fourth-order valence-corrected chi connectivity index (χ4v) is 4.16. The predicted octanol–water partition coefficient (Wildman–Crippen LogP) is 3.40. The van der Waals surface area contributed by atoms with Crippen molar-refractivity contribution in [3.63, 3.8) is 0 Å². The van der Waals surface area contributed by atoms with Crippen molar-refractivity contribution in [2.75, 3.05) is 13.2 Å². The standard InChI is InChI=1S/C19H24ClNO3/c1-13-2-3-16(17(20)10-13)14-4-7-19(12-22,8-5-14)21-18(23)15-6-9-24-11-15/h2-3,10,12,14-15H,4-9,11H2,1H3,(H,21,23). The van der Waals surface area contributed by atoms with Gasteiger partial charge < -0.3 is 14.8 Å². The lowest BCUT2D eigenvalue weighted by Crippen LogP contribution is -2.53. The SMILES string of the molecule is Cc1ccc(C2CCC(C=O)(NC(=O)C3CCOC3)CC2)c(Cl)c1. The van der Waals surface area contributed by atoms with Gasteiger partial charge in [-0.05, 0) is 62.1 Å². The molecule has 0 bridgehead atoms. The average molecular weight is 350 g/mol. The summed E-state index contributed by atoms with van der Waals surface area (Å²) >= 11 is 6.39. The molecule has 24 heavy (non-hydrogen) atoms. The van der Waals surface area contributed by atoms with E-state index < -0.39 is 5.54 Å². The van der Waals surface area contributed by atoms with Crippen LogP contribution in [0.5, 0.6) is 0 Å². The van der Waals surface area contributed by atoms with Crippen molar-refractivity contribution < 1.29 is 14.3 Å². The second-order valence-electron chi connectivity index (χ2n) is 7.12. The Kier molecular flexibility index (Phi) is 5.26. The highest BCUT2D eigenvalue weighted by molar-refractivity contribution is 6.31. The van der Waals surface area contributed by atoms with Crippen molar-refractivity contribution >= 4 is 23.8 Å². The van der Waals surface area contributed by atoms with E-state index in [2.05, 4.69) is 17.4 Å². The first-order valence-electron chi connectivity index (χ1n) is 8.65. The fraction of sp³-hybridized carbons (Fsp3) is 0.579. The van der Waals surface area contributed by atoms with Crippen molar-refractivity contribution in [1.29, 1.82) is 0 Å². The number of ether oxygens (including phenoxy) is 1. The molecule has 5 heteroatoms. The third-order valence-electron chi connectivity index (χ3n) is 5.37. The highest BCUT2D eigenvalue weighted by Crippen LogP contribution is 2.40. The van der Waals surface area contributed by atoms with Gasteiger partial charge in [0.2, 0.25) is 5.91 Å². The molecule has 1 aromatic carbocycles. The van der Waals surface area contributed by atoms with Gasteiger partial charge in [-0.1, -0.05) is 23.7 Å². The van der Waals surface area contributed by atoms with Crippen LogP contribution in [0.25, 0.3) is 0 Å². The summed E-state index contributed by atoms with van der Waals surface area (Å²) in [5, 5.41) is 3.80. The van der Waals surface area contributed by atoms with Crippen molar-refractivity contribution in [3.8, 4) is 0 Å². The van der Waals surface area contributed by atoms with E-state index >= 15 is 0 Å². The maximum absolute atomic E-state index is 12.3. The highest BCUT2D eigenvalue weighted by Gasteiger charge is 2.39. The number of halogens is 1. The van der Waals surface area contributed by atoms with Crippen molar-refractivity contribution in [2.45, 2.75) is 50.5 Å². The minimum atomic E-state index is -0.729. The number of carbonyl (C=O) groups is 2. The zero-order valence-electron chi connectivity index (χ0n) is 14.0. The fourth-order valence-electron chi connectivity index (χ4n) is 3.77. The first-order valence-corrected chi connectivity index (χ1v) is 9.03. The van der Waals surface area contributed by atoms with E-state index in [4.69, 9.17) is 16.3 Å². The second kappa shape index (κ2) is 7.24. The molecule has 3 rings (SSSR count). The summed E-state index contributed by atoms with van der Waals surface area (Å²) in [4.78, 5) is 24.1. The van der Waals surface area contributed by atoms with Gasteiger partial charge in [-0.15, -0.1) is 0 Å². The minimum Gasteiger partial charge on any atom is -0.381 e. The summed E-state index contributed by atoms with van der Waals surface area (Å²) in [6.45, 7) is 3.11. The number of amides is 1. The van der Waals surface area contributed by atoms with Crippen LogP contribution in [0.3, 0.4) is 0 Å². The quantitative estimate of drug-likeness (QED) is 0.848. The van der Waals surface area contributed by atoms with E-state index in [9.17, 15) is 9.59 Å². The van der Waals surface area contributed by atoms with E-state index in [0.29, 0.717) is 32.0 Å². The number of aldehydes is 1. The highest BCUT2D eigenvalue weighted by atomic mass is 35.5. The molecule has 4 nitrogen and oxygen atoms in total. The van der Waals surface area contributed by atoms with E-state index in [1.165, 1.54) is 0 Å². The molecule has 1 unspecified atom stereocenters. The first kappa shape index (κ1) is 17.4. The van der Waals surface area contributed by atoms with Crippen LogP contribution in [-0.4, -0.2) is 30.9 Å². The largest absolute Gasteiger partial charge is 0.381 e. The molecule has 2 aliphatic rings. The smallest absolute Gasteiger partial charge is 0.226 e.